The van der Waals surface area contributed by atoms with Gasteiger partial charge in [-0.3, -0.25) is 0 Å². The van der Waals surface area contributed by atoms with E-state index in [4.69, 9.17) is 4.74 Å². The summed E-state index contributed by atoms with van der Waals surface area (Å²) in [6.45, 7) is 1.88. The van der Waals surface area contributed by atoms with Crippen molar-refractivity contribution in [3.63, 3.8) is 0 Å². The van der Waals surface area contributed by atoms with E-state index in [9.17, 15) is 8.78 Å². The first-order chi connectivity index (χ1) is 6.66. The molecule has 0 radical (unpaired) electrons. The quantitative estimate of drug-likeness (QED) is 0.744. The van der Waals surface area contributed by atoms with E-state index in [-0.39, 0.29) is 25.0 Å². The van der Waals surface area contributed by atoms with Crippen LogP contribution in [0.15, 0.2) is 0 Å². The Morgan fingerprint density at radius 1 is 1.07 bits per heavy atom. The minimum absolute atomic E-state index is 0.00217. The lowest BCUT2D eigenvalue weighted by Gasteiger charge is -2.30. The summed E-state index contributed by atoms with van der Waals surface area (Å²) in [6, 6.07) is 0. The van der Waals surface area contributed by atoms with Crippen LogP contribution in [0.4, 0.5) is 8.78 Å². The summed E-state index contributed by atoms with van der Waals surface area (Å²) in [5, 5.41) is 3.21. The van der Waals surface area contributed by atoms with Crippen LogP contribution in [0, 0.1) is 0 Å². The molecule has 1 saturated heterocycles. The molecule has 1 unspecified atom stereocenters. The minimum atomic E-state index is -2.44. The maximum atomic E-state index is 12.8. The van der Waals surface area contributed by atoms with Gasteiger partial charge in [-0.1, -0.05) is 0 Å². The molecule has 1 aliphatic heterocycles. The van der Waals surface area contributed by atoms with Gasteiger partial charge in [0, 0.05) is 19.4 Å². The van der Waals surface area contributed by atoms with Gasteiger partial charge in [0.2, 0.25) is 5.92 Å². The fourth-order valence-electron chi connectivity index (χ4n) is 2.17. The highest BCUT2D eigenvalue weighted by atomic mass is 19.3. The number of ether oxygens (including phenoxy) is 1. The molecule has 0 spiro atoms. The van der Waals surface area contributed by atoms with Gasteiger partial charge in [-0.15, -0.1) is 0 Å². The molecule has 0 aromatic rings. The summed E-state index contributed by atoms with van der Waals surface area (Å²) < 4.78 is 31.4. The number of rotatable bonds is 2. The predicted octanol–water partition coefficient (Wildman–Crippen LogP) is 1.94. The van der Waals surface area contributed by atoms with Crippen molar-refractivity contribution in [1.82, 2.24) is 5.32 Å². The number of hydrogen-bond acceptors (Lipinski definition) is 2. The summed E-state index contributed by atoms with van der Waals surface area (Å²) >= 11 is 0. The van der Waals surface area contributed by atoms with E-state index in [0.29, 0.717) is 12.8 Å². The normalized spacial score (nSPS) is 33.4. The third-order valence-electron chi connectivity index (χ3n) is 3.06. The molecule has 82 valence electrons. The SMILES string of the molecule is FC1(F)CCC(OC2CCNC2)CC1. The Morgan fingerprint density at radius 3 is 2.36 bits per heavy atom. The third kappa shape index (κ3) is 2.64. The molecule has 1 atom stereocenters. The highest BCUT2D eigenvalue weighted by Gasteiger charge is 2.36. The number of nitrogens with one attached hydrogen (secondary N) is 1. The Labute approximate surface area is 83.0 Å². The van der Waals surface area contributed by atoms with Gasteiger partial charge >= 0.3 is 0 Å². The van der Waals surface area contributed by atoms with Crippen LogP contribution in [0.3, 0.4) is 0 Å². The van der Waals surface area contributed by atoms with Crippen LogP contribution in [-0.4, -0.2) is 31.2 Å². The molecule has 1 heterocycles. The third-order valence-corrected chi connectivity index (χ3v) is 3.06. The van der Waals surface area contributed by atoms with Crippen LogP contribution in [0.25, 0.3) is 0 Å². The molecule has 2 aliphatic rings. The second kappa shape index (κ2) is 4.11. The Balaban J connectivity index is 1.72. The van der Waals surface area contributed by atoms with Gasteiger partial charge in [0.1, 0.15) is 0 Å². The second-order valence-corrected chi connectivity index (χ2v) is 4.31. The Morgan fingerprint density at radius 2 is 1.79 bits per heavy atom. The lowest BCUT2D eigenvalue weighted by atomic mass is 9.94. The van der Waals surface area contributed by atoms with Gasteiger partial charge < -0.3 is 10.1 Å². The second-order valence-electron chi connectivity index (χ2n) is 4.31. The summed E-state index contributed by atoms with van der Waals surface area (Å²) in [7, 11) is 0. The van der Waals surface area contributed by atoms with Crippen LogP contribution in [0.1, 0.15) is 32.1 Å². The maximum Gasteiger partial charge on any atom is 0.248 e. The summed E-state index contributed by atoms with van der Waals surface area (Å²) in [4.78, 5) is 0. The van der Waals surface area contributed by atoms with Crippen molar-refractivity contribution >= 4 is 0 Å². The van der Waals surface area contributed by atoms with Gasteiger partial charge in [-0.05, 0) is 25.8 Å². The Bertz CT molecular complexity index is 183. The van der Waals surface area contributed by atoms with Crippen molar-refractivity contribution in [3.8, 4) is 0 Å². The number of halogens is 2. The lowest BCUT2D eigenvalue weighted by Crippen LogP contribution is -2.32. The molecule has 0 aromatic carbocycles. The van der Waals surface area contributed by atoms with Gasteiger partial charge in [0.05, 0.1) is 12.2 Å². The van der Waals surface area contributed by atoms with Gasteiger partial charge in [-0.25, -0.2) is 8.78 Å². The zero-order valence-electron chi connectivity index (χ0n) is 8.27. The van der Waals surface area contributed by atoms with E-state index in [1.807, 2.05) is 0 Å². The standard InChI is InChI=1S/C10H17F2NO/c11-10(12)4-1-8(2-5-10)14-9-3-6-13-7-9/h8-9,13H,1-7H2. The molecular weight excluding hydrogens is 188 g/mol. The minimum Gasteiger partial charge on any atom is -0.374 e. The van der Waals surface area contributed by atoms with Crippen molar-refractivity contribution in [2.75, 3.05) is 13.1 Å². The Kier molecular flexibility index (Phi) is 3.02. The predicted molar refractivity (Wildman–Crippen MR) is 49.6 cm³/mol. The zero-order chi connectivity index (χ0) is 10.0. The molecule has 1 N–H and O–H groups in total. The molecule has 0 amide bonds. The van der Waals surface area contributed by atoms with Crippen molar-refractivity contribution < 1.29 is 13.5 Å². The van der Waals surface area contributed by atoms with E-state index in [1.165, 1.54) is 0 Å². The molecule has 14 heavy (non-hydrogen) atoms. The lowest BCUT2D eigenvalue weighted by molar-refractivity contribution is -0.0950. The molecule has 0 aromatic heterocycles. The van der Waals surface area contributed by atoms with E-state index in [0.717, 1.165) is 19.5 Å². The largest absolute Gasteiger partial charge is 0.374 e. The maximum absolute atomic E-state index is 12.8. The average molecular weight is 205 g/mol. The Hall–Kier alpha value is -0.220. The summed E-state index contributed by atoms with van der Waals surface area (Å²) in [5.41, 5.74) is 0. The first kappa shape index (κ1) is 10.3. The first-order valence-electron chi connectivity index (χ1n) is 5.40. The van der Waals surface area contributed by atoms with E-state index >= 15 is 0 Å². The van der Waals surface area contributed by atoms with E-state index in [1.54, 1.807) is 0 Å². The van der Waals surface area contributed by atoms with Crippen molar-refractivity contribution in [1.29, 1.82) is 0 Å². The number of alkyl halides is 2. The van der Waals surface area contributed by atoms with Crippen LogP contribution in [0.5, 0.6) is 0 Å². The number of hydrogen-bond donors (Lipinski definition) is 1. The first-order valence-corrected chi connectivity index (χ1v) is 5.40. The highest BCUT2D eigenvalue weighted by Crippen LogP contribution is 2.34. The molecular formula is C10H17F2NO. The summed E-state index contributed by atoms with van der Waals surface area (Å²) in [6.07, 6.45) is 2.38. The average Bonchev–Trinajstić information content (AvgIpc) is 2.61. The molecule has 1 saturated carbocycles. The molecule has 2 fully saturated rings. The smallest absolute Gasteiger partial charge is 0.248 e. The highest BCUT2D eigenvalue weighted by molar-refractivity contribution is 4.80. The zero-order valence-corrected chi connectivity index (χ0v) is 8.27. The van der Waals surface area contributed by atoms with Crippen molar-refractivity contribution in [2.45, 2.75) is 50.2 Å². The van der Waals surface area contributed by atoms with Crippen LogP contribution < -0.4 is 5.32 Å². The molecule has 2 nitrogen and oxygen atoms in total. The van der Waals surface area contributed by atoms with Gasteiger partial charge in [-0.2, -0.15) is 0 Å². The topological polar surface area (TPSA) is 21.3 Å². The van der Waals surface area contributed by atoms with Crippen molar-refractivity contribution in [2.24, 2.45) is 0 Å². The van der Waals surface area contributed by atoms with Crippen LogP contribution in [0.2, 0.25) is 0 Å². The fourth-order valence-corrected chi connectivity index (χ4v) is 2.17. The molecule has 1 aliphatic carbocycles. The van der Waals surface area contributed by atoms with Gasteiger partial charge in [0.15, 0.2) is 0 Å². The van der Waals surface area contributed by atoms with Crippen LogP contribution >= 0.6 is 0 Å². The van der Waals surface area contributed by atoms with E-state index < -0.39 is 5.92 Å². The fraction of sp³-hybridized carbons (Fsp3) is 1.00. The van der Waals surface area contributed by atoms with E-state index in [2.05, 4.69) is 5.32 Å². The van der Waals surface area contributed by atoms with Crippen molar-refractivity contribution in [3.05, 3.63) is 0 Å². The summed E-state index contributed by atoms with van der Waals surface area (Å²) in [5.74, 6) is -2.44. The van der Waals surface area contributed by atoms with Crippen LogP contribution in [-0.2, 0) is 4.74 Å². The molecule has 4 heteroatoms. The van der Waals surface area contributed by atoms with Gasteiger partial charge in [0.25, 0.3) is 0 Å². The monoisotopic (exact) mass is 205 g/mol. The molecule has 2 rings (SSSR count). The molecule has 0 bridgehead atoms.